The van der Waals surface area contributed by atoms with Crippen LogP contribution in [-0.4, -0.2) is 35.4 Å². The van der Waals surface area contributed by atoms with Crippen LogP contribution in [-0.2, 0) is 0 Å². The highest BCUT2D eigenvalue weighted by atomic mass is 32.1. The second-order valence-electron chi connectivity index (χ2n) is 6.89. The Morgan fingerprint density at radius 1 is 1.14 bits per heavy atom. The number of aromatic nitrogens is 5. The molecule has 4 rings (SSSR count). The van der Waals surface area contributed by atoms with Crippen LogP contribution in [0.3, 0.4) is 0 Å². The molecule has 0 fully saturated rings. The summed E-state index contributed by atoms with van der Waals surface area (Å²) in [5.41, 5.74) is 0.947. The number of imidazole rings is 1. The average Bonchev–Trinajstić information content (AvgIpc) is 3.39. The monoisotopic (exact) mass is 389 g/mol. The summed E-state index contributed by atoms with van der Waals surface area (Å²) in [6.45, 7) is 5.22. The molecular weight excluding hydrogens is 370 g/mol. The van der Waals surface area contributed by atoms with Gasteiger partial charge in [0, 0.05) is 23.6 Å². The van der Waals surface area contributed by atoms with E-state index in [0.29, 0.717) is 5.82 Å². The number of hydrogen-bond acceptors (Lipinski definition) is 5. The molecule has 6 nitrogen and oxygen atoms in total. The number of benzene rings is 1. The summed E-state index contributed by atoms with van der Waals surface area (Å²) in [7, 11) is 0. The van der Waals surface area contributed by atoms with Gasteiger partial charge in [-0.15, -0.1) is 11.3 Å². The lowest BCUT2D eigenvalue weighted by Gasteiger charge is -2.07. The van der Waals surface area contributed by atoms with Crippen LogP contribution in [0.15, 0.2) is 48.8 Å². The number of H-pyrrole nitrogens is 1. The highest BCUT2D eigenvalue weighted by Gasteiger charge is 2.12. The first-order chi connectivity index (χ1) is 13.4. The van der Waals surface area contributed by atoms with Crippen LogP contribution in [0, 0.1) is 18.8 Å². The van der Waals surface area contributed by atoms with Gasteiger partial charge in [0.25, 0.3) is 0 Å². The molecule has 0 amide bonds. The normalized spacial score (nSPS) is 11.3. The van der Waals surface area contributed by atoms with Gasteiger partial charge in [0.15, 0.2) is 11.6 Å². The summed E-state index contributed by atoms with van der Waals surface area (Å²) >= 11 is 1.55. The van der Waals surface area contributed by atoms with Crippen LogP contribution in [0.1, 0.15) is 24.5 Å². The smallest absolute Gasteiger partial charge is 0.181 e. The third kappa shape index (κ3) is 3.88. The lowest BCUT2D eigenvalue weighted by molar-refractivity contribution is 0.143. The third-order valence-corrected chi connectivity index (χ3v) is 4.96. The van der Waals surface area contributed by atoms with Crippen LogP contribution >= 0.6 is 11.3 Å². The van der Waals surface area contributed by atoms with E-state index < -0.39 is 5.60 Å². The number of aliphatic hydroxyl groups is 1. The Morgan fingerprint density at radius 2 is 1.93 bits per heavy atom. The van der Waals surface area contributed by atoms with E-state index in [9.17, 15) is 5.11 Å². The molecular formula is C21H19N5OS. The molecule has 0 saturated heterocycles. The number of aryl methyl sites for hydroxylation is 1. The Bertz CT molecular complexity index is 1170. The Morgan fingerprint density at radius 3 is 2.61 bits per heavy atom. The largest absolute Gasteiger partial charge is 0.378 e. The van der Waals surface area contributed by atoms with E-state index in [-0.39, 0.29) is 0 Å². The fourth-order valence-electron chi connectivity index (χ4n) is 2.68. The maximum Gasteiger partial charge on any atom is 0.181 e. The summed E-state index contributed by atoms with van der Waals surface area (Å²) in [6, 6.07) is 12.0. The van der Waals surface area contributed by atoms with Gasteiger partial charge in [0.1, 0.15) is 11.4 Å². The zero-order chi connectivity index (χ0) is 19.7. The van der Waals surface area contributed by atoms with Crippen molar-refractivity contribution < 1.29 is 5.11 Å². The third-order valence-electron chi connectivity index (χ3n) is 3.96. The number of nitrogens with one attached hydrogen (secondary N) is 1. The van der Waals surface area contributed by atoms with Crippen molar-refractivity contribution in [1.82, 2.24) is 24.7 Å². The number of rotatable bonds is 3. The SMILES string of the molecule is Cc1nc(-c2ccc(-n3ccnc3-c3ccc(C#CC(C)(C)O)s3)cc2)n[nH]1. The summed E-state index contributed by atoms with van der Waals surface area (Å²) < 4.78 is 2.03. The topological polar surface area (TPSA) is 79.6 Å². The lowest BCUT2D eigenvalue weighted by Crippen LogP contribution is -2.14. The minimum absolute atomic E-state index is 0.684. The highest BCUT2D eigenvalue weighted by molar-refractivity contribution is 7.15. The molecule has 0 unspecified atom stereocenters. The molecule has 2 N–H and O–H groups in total. The van der Waals surface area contributed by atoms with Gasteiger partial charge >= 0.3 is 0 Å². The maximum atomic E-state index is 9.77. The van der Waals surface area contributed by atoms with Crippen molar-refractivity contribution in [3.63, 3.8) is 0 Å². The van der Waals surface area contributed by atoms with Gasteiger partial charge in [0.05, 0.1) is 9.75 Å². The van der Waals surface area contributed by atoms with Gasteiger partial charge in [0.2, 0.25) is 0 Å². The molecule has 0 bridgehead atoms. The molecule has 3 heterocycles. The Balaban J connectivity index is 1.63. The van der Waals surface area contributed by atoms with E-state index in [4.69, 9.17) is 0 Å². The molecule has 3 aromatic heterocycles. The molecule has 0 atom stereocenters. The van der Waals surface area contributed by atoms with Crippen LogP contribution in [0.2, 0.25) is 0 Å². The quantitative estimate of drug-likeness (QED) is 0.522. The number of hydrogen-bond donors (Lipinski definition) is 2. The van der Waals surface area contributed by atoms with E-state index in [0.717, 1.165) is 32.7 Å². The minimum Gasteiger partial charge on any atom is -0.378 e. The summed E-state index contributed by atoms with van der Waals surface area (Å²) in [4.78, 5) is 10.8. The van der Waals surface area contributed by atoms with E-state index in [1.54, 1.807) is 31.4 Å². The standard InChI is InChI=1S/C21H19N5OS/c1-14-23-19(25-24-14)15-4-6-16(7-5-15)26-13-12-22-20(26)18-9-8-17(28-18)10-11-21(2,3)27/h4-9,12-13,27H,1-3H3,(H,23,24,25). The van der Waals surface area contributed by atoms with Gasteiger partial charge < -0.3 is 5.11 Å². The molecule has 28 heavy (non-hydrogen) atoms. The predicted octanol–water partition coefficient (Wildman–Crippen LogP) is 3.82. The van der Waals surface area contributed by atoms with Crippen LogP contribution < -0.4 is 0 Å². The molecule has 4 aromatic rings. The lowest BCUT2D eigenvalue weighted by atomic mass is 10.1. The van der Waals surface area contributed by atoms with Gasteiger partial charge in [-0.3, -0.25) is 9.67 Å². The van der Waals surface area contributed by atoms with Gasteiger partial charge in [-0.25, -0.2) is 9.97 Å². The summed E-state index contributed by atoms with van der Waals surface area (Å²) in [6.07, 6.45) is 3.72. The molecule has 0 radical (unpaired) electrons. The zero-order valence-corrected chi connectivity index (χ0v) is 16.6. The highest BCUT2D eigenvalue weighted by Crippen LogP contribution is 2.29. The molecule has 140 valence electrons. The predicted molar refractivity (Wildman–Crippen MR) is 110 cm³/mol. The molecule has 0 aliphatic heterocycles. The molecule has 0 aliphatic rings. The summed E-state index contributed by atoms with van der Waals surface area (Å²) in [5, 5.41) is 16.8. The molecule has 7 heteroatoms. The van der Waals surface area contributed by atoms with Crippen LogP contribution in [0.5, 0.6) is 0 Å². The Hall–Kier alpha value is -3.21. The maximum absolute atomic E-state index is 9.77. The molecule has 1 aromatic carbocycles. The van der Waals surface area contributed by atoms with Crippen molar-refractivity contribution in [2.45, 2.75) is 26.4 Å². The average molecular weight is 389 g/mol. The van der Waals surface area contributed by atoms with E-state index >= 15 is 0 Å². The molecule has 0 aliphatic carbocycles. The second-order valence-corrected chi connectivity index (χ2v) is 7.97. The van der Waals surface area contributed by atoms with Crippen molar-refractivity contribution in [1.29, 1.82) is 0 Å². The van der Waals surface area contributed by atoms with Gasteiger partial charge in [-0.1, -0.05) is 11.8 Å². The number of thiophene rings is 1. The molecule has 0 spiro atoms. The van der Waals surface area contributed by atoms with Crippen molar-refractivity contribution in [2.75, 3.05) is 0 Å². The van der Waals surface area contributed by atoms with E-state index in [2.05, 4.69) is 32.0 Å². The van der Waals surface area contributed by atoms with Gasteiger partial charge in [-0.05, 0) is 57.2 Å². The number of aromatic amines is 1. The van der Waals surface area contributed by atoms with E-state index in [1.807, 2.05) is 54.1 Å². The molecule has 0 saturated carbocycles. The first-order valence-corrected chi connectivity index (χ1v) is 9.60. The Labute approximate surface area is 166 Å². The van der Waals surface area contributed by atoms with Crippen molar-refractivity contribution in [3.05, 3.63) is 59.5 Å². The first kappa shape index (κ1) is 18.2. The van der Waals surface area contributed by atoms with Crippen molar-refractivity contribution in [2.24, 2.45) is 0 Å². The zero-order valence-electron chi connectivity index (χ0n) is 15.8. The van der Waals surface area contributed by atoms with Crippen molar-refractivity contribution >= 4 is 11.3 Å². The Kier molecular flexibility index (Phi) is 4.59. The van der Waals surface area contributed by atoms with Crippen LogP contribution in [0.4, 0.5) is 0 Å². The summed E-state index contributed by atoms with van der Waals surface area (Å²) in [5.74, 6) is 8.18. The van der Waals surface area contributed by atoms with Gasteiger partial charge in [-0.2, -0.15) is 5.10 Å². The fourth-order valence-corrected chi connectivity index (χ4v) is 3.53. The fraction of sp³-hybridized carbons (Fsp3) is 0.190. The second kappa shape index (κ2) is 7.08. The van der Waals surface area contributed by atoms with Crippen molar-refractivity contribution in [3.8, 4) is 39.6 Å². The first-order valence-electron chi connectivity index (χ1n) is 8.78. The van der Waals surface area contributed by atoms with Crippen LogP contribution in [0.25, 0.3) is 27.8 Å². The van der Waals surface area contributed by atoms with E-state index in [1.165, 1.54) is 0 Å². The number of nitrogens with zero attached hydrogens (tertiary/aromatic N) is 4. The minimum atomic E-state index is -1.01.